The fraction of sp³-hybridized carbons (Fsp3) is 0.154. The summed E-state index contributed by atoms with van der Waals surface area (Å²) >= 11 is 1.41. The van der Waals surface area contributed by atoms with E-state index in [-0.39, 0.29) is 5.69 Å². The Kier molecular flexibility index (Phi) is 3.11. The van der Waals surface area contributed by atoms with Gasteiger partial charge in [-0.25, -0.2) is 9.78 Å². The van der Waals surface area contributed by atoms with Crippen molar-refractivity contribution in [2.24, 2.45) is 0 Å². The van der Waals surface area contributed by atoms with E-state index in [2.05, 4.69) is 9.97 Å². The Hall–Kier alpha value is -2.41. The van der Waals surface area contributed by atoms with Crippen LogP contribution in [0.25, 0.3) is 4.96 Å². The molecule has 102 valence electrons. The minimum Gasteiger partial charge on any atom is -0.476 e. The van der Waals surface area contributed by atoms with Crippen LogP contribution in [0.5, 0.6) is 0 Å². The molecule has 7 heteroatoms. The Bertz CT molecular complexity index is 750. The largest absolute Gasteiger partial charge is 0.476 e. The molecule has 0 radical (unpaired) electrons. The number of aromatic carboxylic acids is 1. The highest BCUT2D eigenvalue weighted by Gasteiger charge is 2.22. The van der Waals surface area contributed by atoms with Gasteiger partial charge in [-0.15, -0.1) is 11.3 Å². The van der Waals surface area contributed by atoms with Crippen molar-refractivity contribution < 1.29 is 9.90 Å². The van der Waals surface area contributed by atoms with Gasteiger partial charge in [-0.2, -0.15) is 0 Å². The van der Waals surface area contributed by atoms with Crippen LogP contribution in [0.4, 0.5) is 5.82 Å². The molecule has 3 aromatic rings. The van der Waals surface area contributed by atoms with Gasteiger partial charge in [0.1, 0.15) is 0 Å². The average molecular weight is 288 g/mol. The molecule has 6 nitrogen and oxygen atoms in total. The average Bonchev–Trinajstić information content (AvgIpc) is 2.98. The molecule has 20 heavy (non-hydrogen) atoms. The Labute approximate surface area is 118 Å². The number of anilines is 1. The second-order valence-electron chi connectivity index (χ2n) is 4.32. The van der Waals surface area contributed by atoms with Crippen molar-refractivity contribution in [1.29, 1.82) is 0 Å². The maximum absolute atomic E-state index is 11.5. The molecule has 0 fully saturated rings. The van der Waals surface area contributed by atoms with Gasteiger partial charge in [0.2, 0.25) is 0 Å². The van der Waals surface area contributed by atoms with E-state index in [0.29, 0.717) is 17.3 Å². The number of carboxylic acids is 1. The van der Waals surface area contributed by atoms with Gasteiger partial charge in [-0.1, -0.05) is 6.07 Å². The van der Waals surface area contributed by atoms with Crippen LogP contribution in [-0.4, -0.2) is 32.5 Å². The molecule has 0 amide bonds. The molecule has 0 aromatic carbocycles. The summed E-state index contributed by atoms with van der Waals surface area (Å²) in [4.78, 5) is 22.5. The van der Waals surface area contributed by atoms with E-state index in [1.54, 1.807) is 21.7 Å². The van der Waals surface area contributed by atoms with Crippen LogP contribution in [0, 0.1) is 0 Å². The Morgan fingerprint density at radius 2 is 2.35 bits per heavy atom. The van der Waals surface area contributed by atoms with Crippen LogP contribution in [0.2, 0.25) is 0 Å². The lowest BCUT2D eigenvalue weighted by Crippen LogP contribution is -2.20. The fourth-order valence-corrected chi connectivity index (χ4v) is 2.76. The summed E-state index contributed by atoms with van der Waals surface area (Å²) in [6.07, 6.45) is 3.43. The smallest absolute Gasteiger partial charge is 0.356 e. The number of fused-ring (bicyclic) bond motifs is 1. The van der Waals surface area contributed by atoms with Crippen LogP contribution < -0.4 is 4.90 Å². The molecule has 0 unspecified atom stereocenters. The van der Waals surface area contributed by atoms with Crippen molar-refractivity contribution in [2.75, 3.05) is 11.9 Å². The third kappa shape index (κ3) is 2.12. The molecule has 0 saturated carbocycles. The molecule has 0 saturated heterocycles. The monoisotopic (exact) mass is 288 g/mol. The molecule has 3 rings (SSSR count). The first kappa shape index (κ1) is 12.6. The Morgan fingerprint density at radius 1 is 1.50 bits per heavy atom. The summed E-state index contributed by atoms with van der Waals surface area (Å²) in [5, 5.41) is 11.2. The van der Waals surface area contributed by atoms with Gasteiger partial charge in [-0.3, -0.25) is 9.38 Å². The molecule has 0 atom stereocenters. The molecule has 0 spiro atoms. The lowest BCUT2D eigenvalue weighted by atomic mass is 10.3. The molecule has 3 aromatic heterocycles. The summed E-state index contributed by atoms with van der Waals surface area (Å²) in [6.45, 7) is 0.506. The van der Waals surface area contributed by atoms with Gasteiger partial charge in [0, 0.05) is 24.8 Å². The molecule has 0 aliphatic carbocycles. The Balaban J connectivity index is 1.98. The highest BCUT2D eigenvalue weighted by atomic mass is 32.1. The standard InChI is InChI=1S/C13H12N4O2S/c1-16(8-9-4-2-3-5-14-9)11-10(12(18)19)17-6-7-20-13(17)15-11/h2-7H,8H2,1H3,(H,18,19). The zero-order chi connectivity index (χ0) is 14.1. The van der Waals surface area contributed by atoms with Crippen molar-refractivity contribution in [3.05, 3.63) is 47.4 Å². The SMILES string of the molecule is CN(Cc1ccccn1)c1nc2sccn2c1C(=O)O. The van der Waals surface area contributed by atoms with Crippen molar-refractivity contribution in [2.45, 2.75) is 6.54 Å². The van der Waals surface area contributed by atoms with Crippen LogP contribution in [0.1, 0.15) is 16.2 Å². The van der Waals surface area contributed by atoms with Crippen LogP contribution in [-0.2, 0) is 6.54 Å². The van der Waals surface area contributed by atoms with Gasteiger partial charge in [0.15, 0.2) is 16.5 Å². The molecule has 1 N–H and O–H groups in total. The number of pyridine rings is 1. The predicted octanol–water partition coefficient (Wildman–Crippen LogP) is 2.13. The molecule has 0 bridgehead atoms. The first-order valence-corrected chi connectivity index (χ1v) is 6.84. The van der Waals surface area contributed by atoms with Crippen LogP contribution in [0.15, 0.2) is 36.0 Å². The van der Waals surface area contributed by atoms with Gasteiger partial charge >= 0.3 is 5.97 Å². The Morgan fingerprint density at radius 3 is 3.05 bits per heavy atom. The number of carboxylic acid groups (broad SMARTS) is 1. The van der Waals surface area contributed by atoms with Gasteiger partial charge < -0.3 is 10.0 Å². The highest BCUT2D eigenvalue weighted by Crippen LogP contribution is 2.24. The lowest BCUT2D eigenvalue weighted by molar-refractivity contribution is 0.0690. The number of hydrogen-bond donors (Lipinski definition) is 1. The van der Waals surface area contributed by atoms with E-state index >= 15 is 0 Å². The van der Waals surface area contributed by atoms with Gasteiger partial charge in [0.05, 0.1) is 12.2 Å². The van der Waals surface area contributed by atoms with E-state index in [1.807, 2.05) is 30.6 Å². The zero-order valence-corrected chi connectivity index (χ0v) is 11.5. The normalized spacial score (nSPS) is 10.8. The topological polar surface area (TPSA) is 70.7 Å². The van der Waals surface area contributed by atoms with Gasteiger partial charge in [-0.05, 0) is 12.1 Å². The van der Waals surface area contributed by atoms with Crippen molar-refractivity contribution in [1.82, 2.24) is 14.4 Å². The maximum Gasteiger partial charge on any atom is 0.356 e. The number of imidazole rings is 1. The first-order valence-electron chi connectivity index (χ1n) is 5.96. The second-order valence-corrected chi connectivity index (χ2v) is 5.19. The number of carbonyl (C=O) groups is 1. The molecular formula is C13H12N4O2S. The first-order chi connectivity index (χ1) is 9.66. The second kappa shape index (κ2) is 4.93. The summed E-state index contributed by atoms with van der Waals surface area (Å²) in [6, 6.07) is 5.65. The van der Waals surface area contributed by atoms with E-state index in [4.69, 9.17) is 0 Å². The highest BCUT2D eigenvalue weighted by molar-refractivity contribution is 7.15. The van der Waals surface area contributed by atoms with Crippen LogP contribution >= 0.6 is 11.3 Å². The minimum absolute atomic E-state index is 0.180. The maximum atomic E-state index is 11.5. The van der Waals surface area contributed by atoms with E-state index in [0.717, 1.165) is 5.69 Å². The van der Waals surface area contributed by atoms with E-state index in [9.17, 15) is 9.90 Å². The predicted molar refractivity (Wildman–Crippen MR) is 76.4 cm³/mol. The lowest BCUT2D eigenvalue weighted by Gasteiger charge is -2.16. The third-order valence-corrected chi connectivity index (χ3v) is 3.69. The van der Waals surface area contributed by atoms with Crippen LogP contribution in [0.3, 0.4) is 0 Å². The van der Waals surface area contributed by atoms with Gasteiger partial charge in [0.25, 0.3) is 0 Å². The number of aromatic nitrogens is 3. The summed E-state index contributed by atoms with van der Waals surface area (Å²) in [5.74, 6) is -0.534. The summed E-state index contributed by atoms with van der Waals surface area (Å²) in [7, 11) is 1.81. The van der Waals surface area contributed by atoms with Crippen molar-refractivity contribution in [3.63, 3.8) is 0 Å². The molecule has 0 aliphatic heterocycles. The quantitative estimate of drug-likeness (QED) is 0.796. The summed E-state index contributed by atoms with van der Waals surface area (Å²) < 4.78 is 1.59. The minimum atomic E-state index is -0.987. The molecular weight excluding hydrogens is 276 g/mol. The number of rotatable bonds is 4. The van der Waals surface area contributed by atoms with E-state index < -0.39 is 5.97 Å². The molecule has 0 aliphatic rings. The summed E-state index contributed by atoms with van der Waals surface area (Å²) in [5.41, 5.74) is 1.04. The third-order valence-electron chi connectivity index (χ3n) is 2.93. The van der Waals surface area contributed by atoms with Crippen molar-refractivity contribution >= 4 is 28.1 Å². The molecule has 3 heterocycles. The zero-order valence-electron chi connectivity index (χ0n) is 10.7. The van der Waals surface area contributed by atoms with E-state index in [1.165, 1.54) is 11.3 Å². The fourth-order valence-electron chi connectivity index (χ4n) is 2.05. The number of hydrogen-bond acceptors (Lipinski definition) is 5. The van der Waals surface area contributed by atoms with Crippen molar-refractivity contribution in [3.8, 4) is 0 Å². The number of nitrogens with zero attached hydrogens (tertiary/aromatic N) is 4. The number of thiazole rings is 1.